The number of nitrogens with zero attached hydrogens (tertiary/aromatic N) is 6. The number of aromatic nitrogens is 6. The average Bonchev–Trinajstić information content (AvgIpc) is 3.51. The van der Waals surface area contributed by atoms with Crippen molar-refractivity contribution in [1.82, 2.24) is 29.3 Å². The van der Waals surface area contributed by atoms with Crippen molar-refractivity contribution in [2.45, 2.75) is 85.6 Å². The Hall–Kier alpha value is -3.11. The molecule has 1 aliphatic carbocycles. The first-order chi connectivity index (χ1) is 16.0. The van der Waals surface area contributed by atoms with E-state index in [0.29, 0.717) is 49.3 Å². The summed E-state index contributed by atoms with van der Waals surface area (Å²) in [7, 11) is 0. The van der Waals surface area contributed by atoms with Crippen molar-refractivity contribution in [2.24, 2.45) is 0 Å². The molecule has 0 fully saturated rings. The minimum atomic E-state index is -4.54. The monoisotopic (exact) mass is 477 g/mol. The van der Waals surface area contributed by atoms with Crippen LogP contribution in [0.25, 0.3) is 0 Å². The Morgan fingerprint density at radius 2 is 1.85 bits per heavy atom. The highest BCUT2D eigenvalue weighted by Crippen LogP contribution is 2.38. The predicted molar refractivity (Wildman–Crippen MR) is 121 cm³/mol. The number of halogens is 3. The molecule has 3 aromatic heterocycles. The summed E-state index contributed by atoms with van der Waals surface area (Å²) in [4.78, 5) is 13.3. The van der Waals surface area contributed by atoms with Crippen LogP contribution in [0.1, 0.15) is 72.3 Å². The number of rotatable bonds is 7. The van der Waals surface area contributed by atoms with Gasteiger partial charge in [-0.3, -0.25) is 18.8 Å². The fourth-order valence-electron chi connectivity index (χ4n) is 4.70. The van der Waals surface area contributed by atoms with Crippen LogP contribution in [0.4, 0.5) is 18.9 Å². The smallest absolute Gasteiger partial charge is 0.321 e. The topological polar surface area (TPSA) is 82.6 Å². The van der Waals surface area contributed by atoms with Gasteiger partial charge in [-0.1, -0.05) is 6.92 Å². The molecule has 0 bridgehead atoms. The number of anilines is 1. The van der Waals surface area contributed by atoms with Gasteiger partial charge in [0.25, 0.3) is 0 Å². The molecule has 11 heteroatoms. The summed E-state index contributed by atoms with van der Waals surface area (Å²) < 4.78 is 45.5. The molecule has 0 aliphatic heterocycles. The molecule has 1 atom stereocenters. The number of fused-ring (bicyclic) bond motifs is 1. The molecular formula is C23H30F3N7O. The van der Waals surface area contributed by atoms with E-state index in [2.05, 4.69) is 20.6 Å². The zero-order chi connectivity index (χ0) is 24.8. The van der Waals surface area contributed by atoms with Crippen LogP contribution < -0.4 is 5.32 Å². The summed E-state index contributed by atoms with van der Waals surface area (Å²) in [6.45, 7) is 10.7. The van der Waals surface area contributed by atoms with Crippen LogP contribution in [0.5, 0.6) is 0 Å². The fraction of sp³-hybridized carbons (Fsp3) is 0.565. The van der Waals surface area contributed by atoms with Gasteiger partial charge in [0, 0.05) is 29.6 Å². The minimum Gasteiger partial charge on any atom is -0.321 e. The van der Waals surface area contributed by atoms with Gasteiger partial charge in [-0.15, -0.1) is 0 Å². The molecular weight excluding hydrogens is 447 g/mol. The normalized spacial score (nSPS) is 14.5. The first kappa shape index (κ1) is 24.0. The van der Waals surface area contributed by atoms with Crippen molar-refractivity contribution in [1.29, 1.82) is 0 Å². The molecule has 1 aliphatic rings. The van der Waals surface area contributed by atoms with Gasteiger partial charge < -0.3 is 5.32 Å². The summed E-state index contributed by atoms with van der Waals surface area (Å²) in [6, 6.07) is -0.838. The standard InChI is InChI=1S/C23H30F3N7O/c1-6-18(33-19-10-8-9-17(19)21(30-33)23(24,25)26)22(34)27-20-14(4)29-32(15(20)5)12-16-11-31(7-2)28-13(16)3/h11,18H,6-10,12H2,1-5H3,(H,27,34)/t18-/m0/s1. The molecule has 3 heterocycles. The molecule has 3 aromatic rings. The molecule has 0 saturated heterocycles. The maximum atomic E-state index is 13.5. The van der Waals surface area contributed by atoms with Crippen LogP contribution in [0, 0.1) is 20.8 Å². The number of hydrogen-bond donors (Lipinski definition) is 1. The molecule has 34 heavy (non-hydrogen) atoms. The lowest BCUT2D eigenvalue weighted by Gasteiger charge is -2.18. The van der Waals surface area contributed by atoms with Gasteiger partial charge in [-0.25, -0.2) is 0 Å². The second-order valence-corrected chi connectivity index (χ2v) is 8.78. The zero-order valence-electron chi connectivity index (χ0n) is 20.1. The lowest BCUT2D eigenvalue weighted by molar-refractivity contribution is -0.142. The number of carbonyl (C=O) groups excluding carboxylic acids is 1. The van der Waals surface area contributed by atoms with Crippen molar-refractivity contribution < 1.29 is 18.0 Å². The Labute approximate surface area is 196 Å². The summed E-state index contributed by atoms with van der Waals surface area (Å²) in [5.74, 6) is -0.394. The third kappa shape index (κ3) is 4.23. The minimum absolute atomic E-state index is 0.224. The van der Waals surface area contributed by atoms with Crippen molar-refractivity contribution in [3.63, 3.8) is 0 Å². The van der Waals surface area contributed by atoms with Gasteiger partial charge in [0.05, 0.1) is 29.3 Å². The molecule has 184 valence electrons. The quantitative estimate of drug-likeness (QED) is 0.548. The Balaban J connectivity index is 1.60. The summed E-state index contributed by atoms with van der Waals surface area (Å²) >= 11 is 0. The van der Waals surface area contributed by atoms with E-state index in [-0.39, 0.29) is 5.56 Å². The molecule has 8 nitrogen and oxygen atoms in total. The van der Waals surface area contributed by atoms with Crippen molar-refractivity contribution in [2.75, 3.05) is 5.32 Å². The molecule has 0 aromatic carbocycles. The molecule has 1 amide bonds. The van der Waals surface area contributed by atoms with Crippen LogP contribution in [-0.2, 0) is 36.9 Å². The largest absolute Gasteiger partial charge is 0.435 e. The molecule has 0 unspecified atom stereocenters. The number of aryl methyl sites for hydroxylation is 3. The van der Waals surface area contributed by atoms with Gasteiger partial charge >= 0.3 is 6.18 Å². The first-order valence-electron chi connectivity index (χ1n) is 11.6. The lowest BCUT2D eigenvalue weighted by Crippen LogP contribution is -2.28. The second kappa shape index (κ2) is 8.92. The van der Waals surface area contributed by atoms with E-state index in [0.717, 1.165) is 23.5 Å². The van der Waals surface area contributed by atoms with Gasteiger partial charge in [0.2, 0.25) is 5.91 Å². The molecule has 0 saturated carbocycles. The maximum Gasteiger partial charge on any atom is 0.435 e. The summed E-state index contributed by atoms with van der Waals surface area (Å²) in [6.07, 6.45) is -0.781. The van der Waals surface area contributed by atoms with E-state index in [1.54, 1.807) is 13.8 Å². The second-order valence-electron chi connectivity index (χ2n) is 8.78. The molecule has 4 rings (SSSR count). The highest BCUT2D eigenvalue weighted by Gasteiger charge is 2.41. The van der Waals surface area contributed by atoms with Crippen molar-refractivity contribution in [3.05, 3.63) is 45.8 Å². The van der Waals surface area contributed by atoms with Crippen LogP contribution in [-0.4, -0.2) is 35.2 Å². The Bertz CT molecular complexity index is 1220. The van der Waals surface area contributed by atoms with Gasteiger partial charge in [0.1, 0.15) is 6.04 Å². The third-order valence-corrected chi connectivity index (χ3v) is 6.53. The van der Waals surface area contributed by atoms with E-state index in [4.69, 9.17) is 0 Å². The Morgan fingerprint density at radius 1 is 1.12 bits per heavy atom. The fourth-order valence-corrected chi connectivity index (χ4v) is 4.70. The van der Waals surface area contributed by atoms with E-state index in [1.165, 1.54) is 4.68 Å². The predicted octanol–water partition coefficient (Wildman–Crippen LogP) is 4.37. The first-order valence-corrected chi connectivity index (χ1v) is 11.6. The lowest BCUT2D eigenvalue weighted by atomic mass is 10.1. The Morgan fingerprint density at radius 3 is 2.47 bits per heavy atom. The van der Waals surface area contributed by atoms with Crippen LogP contribution in [0.3, 0.4) is 0 Å². The van der Waals surface area contributed by atoms with Crippen molar-refractivity contribution in [3.8, 4) is 0 Å². The van der Waals surface area contributed by atoms with Crippen LogP contribution in [0.2, 0.25) is 0 Å². The highest BCUT2D eigenvalue weighted by molar-refractivity contribution is 5.94. The van der Waals surface area contributed by atoms with Crippen LogP contribution in [0.15, 0.2) is 6.20 Å². The van der Waals surface area contributed by atoms with Gasteiger partial charge in [0.15, 0.2) is 5.69 Å². The van der Waals surface area contributed by atoms with E-state index in [9.17, 15) is 18.0 Å². The number of hydrogen-bond acceptors (Lipinski definition) is 4. The van der Waals surface area contributed by atoms with Crippen molar-refractivity contribution >= 4 is 11.6 Å². The Kier molecular flexibility index (Phi) is 6.30. The average molecular weight is 478 g/mol. The van der Waals surface area contributed by atoms with E-state index < -0.39 is 23.8 Å². The van der Waals surface area contributed by atoms with Crippen LogP contribution >= 0.6 is 0 Å². The van der Waals surface area contributed by atoms with E-state index in [1.807, 2.05) is 36.3 Å². The maximum absolute atomic E-state index is 13.5. The molecule has 0 radical (unpaired) electrons. The number of nitrogens with one attached hydrogen (secondary N) is 1. The number of carbonyl (C=O) groups is 1. The zero-order valence-corrected chi connectivity index (χ0v) is 20.1. The molecule has 1 N–H and O–H groups in total. The third-order valence-electron chi connectivity index (χ3n) is 6.53. The highest BCUT2D eigenvalue weighted by atomic mass is 19.4. The molecule has 0 spiro atoms. The van der Waals surface area contributed by atoms with Gasteiger partial charge in [-0.2, -0.15) is 28.5 Å². The summed E-state index contributed by atoms with van der Waals surface area (Å²) in [5, 5.41) is 15.8. The number of alkyl halides is 3. The van der Waals surface area contributed by atoms with E-state index >= 15 is 0 Å². The SMILES string of the molecule is CC[C@@H](C(=O)Nc1c(C)nn(Cc2cn(CC)nc2C)c1C)n1nc(C(F)(F)F)c2c1CCC2. The van der Waals surface area contributed by atoms with Gasteiger partial charge in [-0.05, 0) is 53.4 Å². The number of amides is 1. The summed E-state index contributed by atoms with van der Waals surface area (Å²) in [5.41, 5.74) is 3.80.